The second kappa shape index (κ2) is 5.61. The van der Waals surface area contributed by atoms with Gasteiger partial charge in [-0.25, -0.2) is 0 Å². The van der Waals surface area contributed by atoms with Crippen LogP contribution in [0.4, 0.5) is 0 Å². The summed E-state index contributed by atoms with van der Waals surface area (Å²) in [4.78, 5) is 2.27. The molecule has 13 heavy (non-hydrogen) atoms. The Morgan fingerprint density at radius 2 is 1.85 bits per heavy atom. The number of nitrogens with zero attached hydrogens (tertiary/aromatic N) is 1. The summed E-state index contributed by atoms with van der Waals surface area (Å²) < 4.78 is 0. The van der Waals surface area contributed by atoms with E-state index >= 15 is 0 Å². The molecule has 0 amide bonds. The molecule has 0 saturated carbocycles. The zero-order valence-corrected chi connectivity index (χ0v) is 11.0. The van der Waals surface area contributed by atoms with Crippen LogP contribution in [0.3, 0.4) is 0 Å². The smallest absolute Gasteiger partial charge is 0.0514 e. The standard InChI is InChI=1S/C11H25NSi/c1-11(2)10-13(5,6)9-7-8-12(3)4/h1,7-10H2,2-6H3. The molecule has 0 aliphatic carbocycles. The van der Waals surface area contributed by atoms with E-state index in [9.17, 15) is 0 Å². The molecular formula is C11H25NSi. The van der Waals surface area contributed by atoms with Crippen molar-refractivity contribution in [2.75, 3.05) is 20.6 Å². The first kappa shape index (κ1) is 12.9. The zero-order valence-electron chi connectivity index (χ0n) is 9.98. The summed E-state index contributed by atoms with van der Waals surface area (Å²) in [6.07, 6.45) is 1.35. The molecule has 0 aromatic rings. The summed E-state index contributed by atoms with van der Waals surface area (Å²) in [6.45, 7) is 12.3. The number of hydrogen-bond acceptors (Lipinski definition) is 1. The van der Waals surface area contributed by atoms with Gasteiger partial charge in [0.1, 0.15) is 0 Å². The molecular weight excluding hydrogens is 174 g/mol. The highest BCUT2D eigenvalue weighted by atomic mass is 28.3. The van der Waals surface area contributed by atoms with Crippen LogP contribution in [0.5, 0.6) is 0 Å². The second-order valence-electron chi connectivity index (χ2n) is 5.20. The van der Waals surface area contributed by atoms with Crippen molar-refractivity contribution in [2.24, 2.45) is 0 Å². The lowest BCUT2D eigenvalue weighted by Crippen LogP contribution is -2.26. The highest BCUT2D eigenvalue weighted by molar-refractivity contribution is 6.77. The predicted molar refractivity (Wildman–Crippen MR) is 65.1 cm³/mol. The molecule has 0 rings (SSSR count). The molecule has 0 fully saturated rings. The van der Waals surface area contributed by atoms with Gasteiger partial charge in [-0.05, 0) is 40.0 Å². The molecule has 0 aromatic carbocycles. The Bertz CT molecular complexity index is 161. The highest BCUT2D eigenvalue weighted by Gasteiger charge is 2.19. The Morgan fingerprint density at radius 1 is 1.31 bits per heavy atom. The quantitative estimate of drug-likeness (QED) is 0.469. The third kappa shape index (κ3) is 8.25. The van der Waals surface area contributed by atoms with Gasteiger partial charge in [0.05, 0.1) is 8.07 Å². The van der Waals surface area contributed by atoms with Gasteiger partial charge in [-0.2, -0.15) is 0 Å². The molecule has 0 aromatic heterocycles. The van der Waals surface area contributed by atoms with Crippen LogP contribution in [0.1, 0.15) is 13.3 Å². The first-order chi connectivity index (χ1) is 5.83. The van der Waals surface area contributed by atoms with Crippen LogP contribution in [-0.4, -0.2) is 33.6 Å². The molecule has 0 spiro atoms. The second-order valence-corrected chi connectivity index (χ2v) is 10.4. The average molecular weight is 199 g/mol. The van der Waals surface area contributed by atoms with Gasteiger partial charge in [-0.3, -0.25) is 0 Å². The molecule has 78 valence electrons. The Balaban J connectivity index is 3.69. The van der Waals surface area contributed by atoms with Gasteiger partial charge < -0.3 is 4.90 Å². The fourth-order valence-corrected chi connectivity index (χ4v) is 4.71. The van der Waals surface area contributed by atoms with Crippen LogP contribution in [0.2, 0.25) is 25.2 Å². The predicted octanol–water partition coefficient (Wildman–Crippen LogP) is 3.22. The van der Waals surface area contributed by atoms with Crippen LogP contribution in [0, 0.1) is 0 Å². The summed E-state index contributed by atoms with van der Waals surface area (Å²) in [6, 6.07) is 2.72. The molecule has 0 atom stereocenters. The summed E-state index contributed by atoms with van der Waals surface area (Å²) in [5.74, 6) is 0. The van der Waals surface area contributed by atoms with Crippen LogP contribution in [0.25, 0.3) is 0 Å². The molecule has 0 aliphatic rings. The minimum absolute atomic E-state index is 0.959. The molecule has 0 aliphatic heterocycles. The summed E-state index contributed by atoms with van der Waals surface area (Å²) in [5.41, 5.74) is 1.36. The number of hydrogen-bond donors (Lipinski definition) is 0. The van der Waals surface area contributed by atoms with Crippen molar-refractivity contribution in [3.05, 3.63) is 12.2 Å². The van der Waals surface area contributed by atoms with Crippen LogP contribution in [-0.2, 0) is 0 Å². The molecule has 0 heterocycles. The summed E-state index contributed by atoms with van der Waals surface area (Å²) >= 11 is 0. The Labute approximate surface area is 84.8 Å². The number of allylic oxidation sites excluding steroid dienone is 1. The van der Waals surface area contributed by atoms with Crippen LogP contribution < -0.4 is 0 Å². The lowest BCUT2D eigenvalue weighted by Gasteiger charge is -2.23. The van der Waals surface area contributed by atoms with E-state index in [-0.39, 0.29) is 0 Å². The van der Waals surface area contributed by atoms with Crippen molar-refractivity contribution >= 4 is 8.07 Å². The first-order valence-electron chi connectivity index (χ1n) is 5.12. The third-order valence-corrected chi connectivity index (χ3v) is 5.51. The van der Waals surface area contributed by atoms with Gasteiger partial charge in [0, 0.05) is 0 Å². The molecule has 0 unspecified atom stereocenters. The van der Waals surface area contributed by atoms with Crippen molar-refractivity contribution in [1.82, 2.24) is 4.90 Å². The summed E-state index contributed by atoms with van der Waals surface area (Å²) in [5, 5.41) is 0. The Hall–Kier alpha value is -0.0831. The van der Waals surface area contributed by atoms with E-state index in [0.717, 1.165) is 0 Å². The van der Waals surface area contributed by atoms with Gasteiger partial charge >= 0.3 is 0 Å². The van der Waals surface area contributed by atoms with Gasteiger partial charge in [-0.1, -0.05) is 24.7 Å². The van der Waals surface area contributed by atoms with Crippen LogP contribution in [0.15, 0.2) is 12.2 Å². The Kier molecular flexibility index (Phi) is 5.57. The average Bonchev–Trinajstić information content (AvgIpc) is 1.81. The lowest BCUT2D eigenvalue weighted by molar-refractivity contribution is 0.407. The first-order valence-corrected chi connectivity index (χ1v) is 8.54. The highest BCUT2D eigenvalue weighted by Crippen LogP contribution is 2.21. The topological polar surface area (TPSA) is 3.24 Å². The van der Waals surface area contributed by atoms with E-state index in [0.29, 0.717) is 0 Å². The van der Waals surface area contributed by atoms with Crippen molar-refractivity contribution in [1.29, 1.82) is 0 Å². The monoisotopic (exact) mass is 199 g/mol. The van der Waals surface area contributed by atoms with E-state index in [1.54, 1.807) is 0 Å². The molecule has 0 N–H and O–H groups in total. The van der Waals surface area contributed by atoms with E-state index in [4.69, 9.17) is 0 Å². The van der Waals surface area contributed by atoms with Crippen molar-refractivity contribution in [3.8, 4) is 0 Å². The maximum atomic E-state index is 4.01. The maximum Gasteiger partial charge on any atom is 0.0514 e. The van der Waals surface area contributed by atoms with Gasteiger partial charge in [-0.15, -0.1) is 6.58 Å². The fourth-order valence-electron chi connectivity index (χ4n) is 1.78. The minimum atomic E-state index is -0.959. The third-order valence-electron chi connectivity index (χ3n) is 2.24. The van der Waals surface area contributed by atoms with E-state index in [1.165, 1.54) is 30.6 Å². The fraction of sp³-hybridized carbons (Fsp3) is 0.818. The number of rotatable bonds is 6. The lowest BCUT2D eigenvalue weighted by atomic mass is 10.4. The molecule has 0 bridgehead atoms. The molecule has 0 radical (unpaired) electrons. The molecule has 0 saturated heterocycles. The normalized spacial score (nSPS) is 12.2. The van der Waals surface area contributed by atoms with Crippen molar-refractivity contribution in [2.45, 2.75) is 38.5 Å². The van der Waals surface area contributed by atoms with Gasteiger partial charge in [0.25, 0.3) is 0 Å². The largest absolute Gasteiger partial charge is 0.309 e. The molecule has 1 nitrogen and oxygen atoms in total. The minimum Gasteiger partial charge on any atom is -0.309 e. The van der Waals surface area contributed by atoms with Crippen molar-refractivity contribution < 1.29 is 0 Å². The van der Waals surface area contributed by atoms with Crippen molar-refractivity contribution in [3.63, 3.8) is 0 Å². The zero-order chi connectivity index (χ0) is 10.5. The molecule has 2 heteroatoms. The van der Waals surface area contributed by atoms with Gasteiger partial charge in [0.2, 0.25) is 0 Å². The Morgan fingerprint density at radius 3 is 2.23 bits per heavy atom. The van der Waals surface area contributed by atoms with E-state index in [1.807, 2.05) is 0 Å². The van der Waals surface area contributed by atoms with E-state index < -0.39 is 8.07 Å². The van der Waals surface area contributed by atoms with E-state index in [2.05, 4.69) is 45.6 Å². The maximum absolute atomic E-state index is 4.01. The van der Waals surface area contributed by atoms with Crippen LogP contribution >= 0.6 is 0 Å². The SMILES string of the molecule is C=C(C)C[Si](C)(C)CCCN(C)C. The van der Waals surface area contributed by atoms with Gasteiger partial charge in [0.15, 0.2) is 0 Å². The summed E-state index contributed by atoms with van der Waals surface area (Å²) in [7, 11) is 3.33.